The molecule has 8 heteroatoms. The Hall–Kier alpha value is -3.68. The van der Waals surface area contributed by atoms with E-state index in [0.29, 0.717) is 17.1 Å². The van der Waals surface area contributed by atoms with Crippen molar-refractivity contribution in [2.45, 2.75) is 12.5 Å². The van der Waals surface area contributed by atoms with Crippen molar-refractivity contribution in [1.82, 2.24) is 4.90 Å². The van der Waals surface area contributed by atoms with Gasteiger partial charge in [0, 0.05) is 18.3 Å². The van der Waals surface area contributed by atoms with Gasteiger partial charge < -0.3 is 15.0 Å². The second kappa shape index (κ2) is 8.55. The van der Waals surface area contributed by atoms with Gasteiger partial charge in [0.1, 0.15) is 17.6 Å². The summed E-state index contributed by atoms with van der Waals surface area (Å²) in [5, 5.41) is 2.61. The number of hydrogen-bond donors (Lipinski definition) is 1. The summed E-state index contributed by atoms with van der Waals surface area (Å²) in [5.74, 6) is -0.912. The summed E-state index contributed by atoms with van der Waals surface area (Å²) in [6.45, 7) is 3.73. The number of methoxy groups -OCH3 is 1. The zero-order valence-corrected chi connectivity index (χ0v) is 15.8. The van der Waals surface area contributed by atoms with Gasteiger partial charge in [-0.3, -0.25) is 9.59 Å². The first-order valence-electron chi connectivity index (χ1n) is 8.89. The zero-order valence-electron chi connectivity index (χ0n) is 15.8. The van der Waals surface area contributed by atoms with Crippen molar-refractivity contribution < 1.29 is 23.5 Å². The lowest BCUT2D eigenvalue weighted by atomic mass is 10.1. The van der Waals surface area contributed by atoms with Crippen molar-refractivity contribution in [1.29, 1.82) is 0 Å². The predicted molar refractivity (Wildman–Crippen MR) is 106 cm³/mol. The van der Waals surface area contributed by atoms with E-state index in [9.17, 15) is 18.8 Å². The van der Waals surface area contributed by atoms with Crippen LogP contribution in [0.2, 0.25) is 0 Å². The molecule has 1 aliphatic rings. The molecule has 1 unspecified atom stereocenters. The van der Waals surface area contributed by atoms with Crippen LogP contribution >= 0.6 is 0 Å². The minimum absolute atomic E-state index is 0.111. The third-order valence-electron chi connectivity index (χ3n) is 4.46. The lowest BCUT2D eigenvalue weighted by molar-refractivity contribution is -0.124. The van der Waals surface area contributed by atoms with Gasteiger partial charge in [-0.15, -0.1) is 6.58 Å². The number of carbonyl (C=O) groups excluding carboxylic acids is 3. The van der Waals surface area contributed by atoms with Crippen molar-refractivity contribution >= 4 is 29.2 Å². The van der Waals surface area contributed by atoms with E-state index in [-0.39, 0.29) is 13.0 Å². The highest BCUT2D eigenvalue weighted by atomic mass is 19.1. The molecule has 150 valence electrons. The predicted octanol–water partition coefficient (Wildman–Crippen LogP) is 3.19. The number of nitrogens with zero attached hydrogens (tertiary/aromatic N) is 2. The van der Waals surface area contributed by atoms with Crippen molar-refractivity contribution in [3.05, 3.63) is 67.0 Å². The standard InChI is InChI=1S/C21H20FN3O4/c1-3-11-24-18(13-19(26)23-15-9-7-14(22)8-10-15)20(27)25(21(24)28)16-5-4-6-17(12-16)29-2/h3-10,12,18H,1,11,13H2,2H3,(H,23,26). The van der Waals surface area contributed by atoms with E-state index in [1.54, 1.807) is 24.3 Å². The Balaban J connectivity index is 1.81. The Morgan fingerprint density at radius 2 is 1.97 bits per heavy atom. The number of benzene rings is 2. The largest absolute Gasteiger partial charge is 0.497 e. The van der Waals surface area contributed by atoms with Crippen molar-refractivity contribution in [3.8, 4) is 5.75 Å². The molecule has 1 aliphatic heterocycles. The summed E-state index contributed by atoms with van der Waals surface area (Å²) < 4.78 is 18.2. The minimum Gasteiger partial charge on any atom is -0.497 e. The van der Waals surface area contributed by atoms with E-state index in [2.05, 4.69) is 11.9 Å². The fourth-order valence-corrected chi connectivity index (χ4v) is 3.09. The molecule has 0 aromatic heterocycles. The molecule has 1 heterocycles. The fourth-order valence-electron chi connectivity index (χ4n) is 3.09. The van der Waals surface area contributed by atoms with E-state index < -0.39 is 29.7 Å². The highest BCUT2D eigenvalue weighted by molar-refractivity contribution is 6.22. The first-order valence-corrected chi connectivity index (χ1v) is 8.89. The van der Waals surface area contributed by atoms with E-state index >= 15 is 0 Å². The molecule has 7 nitrogen and oxygen atoms in total. The van der Waals surface area contributed by atoms with E-state index in [1.807, 2.05) is 0 Å². The number of nitrogens with one attached hydrogen (secondary N) is 1. The van der Waals surface area contributed by atoms with Gasteiger partial charge in [0.25, 0.3) is 5.91 Å². The van der Waals surface area contributed by atoms with E-state index in [4.69, 9.17) is 4.74 Å². The van der Waals surface area contributed by atoms with Gasteiger partial charge in [0.05, 0.1) is 19.2 Å². The number of amides is 4. The van der Waals surface area contributed by atoms with Crippen molar-refractivity contribution in [2.75, 3.05) is 23.9 Å². The van der Waals surface area contributed by atoms with Crippen LogP contribution in [-0.2, 0) is 9.59 Å². The third kappa shape index (κ3) is 4.26. The van der Waals surface area contributed by atoms with Crippen LogP contribution in [0.3, 0.4) is 0 Å². The lowest BCUT2D eigenvalue weighted by Gasteiger charge is -2.19. The molecule has 0 radical (unpaired) electrons. The van der Waals surface area contributed by atoms with Crippen LogP contribution in [0.4, 0.5) is 20.6 Å². The van der Waals surface area contributed by atoms with Gasteiger partial charge >= 0.3 is 6.03 Å². The molecule has 3 rings (SSSR count). The molecular weight excluding hydrogens is 377 g/mol. The Morgan fingerprint density at radius 1 is 1.24 bits per heavy atom. The molecule has 1 saturated heterocycles. The molecule has 29 heavy (non-hydrogen) atoms. The maximum absolute atomic E-state index is 13.0. The topological polar surface area (TPSA) is 79.0 Å². The summed E-state index contributed by atoms with van der Waals surface area (Å²) in [5.41, 5.74) is 0.753. The van der Waals surface area contributed by atoms with Crippen LogP contribution < -0.4 is 15.0 Å². The molecular formula is C21H20FN3O4. The zero-order chi connectivity index (χ0) is 21.0. The first kappa shape index (κ1) is 20.1. The Morgan fingerprint density at radius 3 is 2.62 bits per heavy atom. The molecule has 0 aliphatic carbocycles. The normalized spacial score (nSPS) is 16.1. The van der Waals surface area contributed by atoms with Crippen LogP contribution in [0, 0.1) is 5.82 Å². The summed E-state index contributed by atoms with van der Waals surface area (Å²) in [6, 6.07) is 10.3. The average molecular weight is 397 g/mol. The molecule has 1 N–H and O–H groups in total. The quantitative estimate of drug-likeness (QED) is 0.575. The minimum atomic E-state index is -0.979. The van der Waals surface area contributed by atoms with Gasteiger partial charge in [0.2, 0.25) is 5.91 Å². The van der Waals surface area contributed by atoms with Crippen molar-refractivity contribution in [2.24, 2.45) is 0 Å². The summed E-state index contributed by atoms with van der Waals surface area (Å²) >= 11 is 0. The number of imide groups is 1. The highest BCUT2D eigenvalue weighted by Crippen LogP contribution is 2.29. The molecule has 1 atom stereocenters. The molecule has 2 aromatic rings. The molecule has 2 aromatic carbocycles. The molecule has 1 fully saturated rings. The van der Waals surface area contributed by atoms with Crippen LogP contribution in [0.25, 0.3) is 0 Å². The number of urea groups is 1. The third-order valence-corrected chi connectivity index (χ3v) is 4.46. The van der Waals surface area contributed by atoms with Crippen molar-refractivity contribution in [3.63, 3.8) is 0 Å². The monoisotopic (exact) mass is 397 g/mol. The van der Waals surface area contributed by atoms with Gasteiger partial charge in [-0.25, -0.2) is 14.1 Å². The van der Waals surface area contributed by atoms with Gasteiger partial charge in [-0.2, -0.15) is 0 Å². The average Bonchev–Trinajstić information content (AvgIpc) is 2.94. The van der Waals surface area contributed by atoms with Crippen LogP contribution in [-0.4, -0.2) is 42.4 Å². The van der Waals surface area contributed by atoms with Crippen LogP contribution in [0.15, 0.2) is 61.2 Å². The summed E-state index contributed by atoms with van der Waals surface area (Å²) in [6.07, 6.45) is 1.25. The van der Waals surface area contributed by atoms with E-state index in [0.717, 1.165) is 4.90 Å². The van der Waals surface area contributed by atoms with Gasteiger partial charge in [-0.1, -0.05) is 12.1 Å². The Labute approximate surface area is 167 Å². The summed E-state index contributed by atoms with van der Waals surface area (Å²) in [4.78, 5) is 40.6. The number of carbonyl (C=O) groups is 3. The van der Waals surface area contributed by atoms with Crippen LogP contribution in [0.1, 0.15) is 6.42 Å². The lowest BCUT2D eigenvalue weighted by Crippen LogP contribution is -2.38. The second-order valence-corrected chi connectivity index (χ2v) is 6.37. The Bertz CT molecular complexity index is 945. The number of ether oxygens (including phenoxy) is 1. The SMILES string of the molecule is C=CCN1C(=O)N(c2cccc(OC)c2)C(=O)C1CC(=O)Nc1ccc(F)cc1. The Kier molecular flexibility index (Phi) is 5.92. The maximum atomic E-state index is 13.0. The van der Waals surface area contributed by atoms with Gasteiger partial charge in [-0.05, 0) is 36.4 Å². The fraction of sp³-hybridized carbons (Fsp3) is 0.190. The number of hydrogen-bond acceptors (Lipinski definition) is 4. The second-order valence-electron chi connectivity index (χ2n) is 6.37. The number of anilines is 2. The maximum Gasteiger partial charge on any atom is 0.332 e. The summed E-state index contributed by atoms with van der Waals surface area (Å²) in [7, 11) is 1.49. The highest BCUT2D eigenvalue weighted by Gasteiger charge is 2.46. The number of rotatable bonds is 7. The van der Waals surface area contributed by atoms with E-state index in [1.165, 1.54) is 42.4 Å². The molecule has 4 amide bonds. The smallest absolute Gasteiger partial charge is 0.332 e. The molecule has 0 bridgehead atoms. The first-order chi connectivity index (χ1) is 13.9. The molecule has 0 spiro atoms. The van der Waals surface area contributed by atoms with Gasteiger partial charge in [0.15, 0.2) is 0 Å². The number of halogens is 1. The van der Waals surface area contributed by atoms with Crippen LogP contribution in [0.5, 0.6) is 5.75 Å². The molecule has 0 saturated carbocycles.